The van der Waals surface area contributed by atoms with Crippen molar-refractivity contribution in [2.45, 2.75) is 19.4 Å². The molecule has 0 aliphatic carbocycles. The maximum Gasteiger partial charge on any atom is 0.217 e. The van der Waals surface area contributed by atoms with Crippen LogP contribution in [-0.2, 0) is 19.4 Å². The number of fused-ring (bicyclic) bond motifs is 4. The van der Waals surface area contributed by atoms with Gasteiger partial charge in [0, 0.05) is 29.9 Å². The highest BCUT2D eigenvalue weighted by atomic mass is 16.5. The molecule has 0 saturated carbocycles. The minimum absolute atomic E-state index is 0.656. The van der Waals surface area contributed by atoms with Gasteiger partial charge in [-0.2, -0.15) is 4.57 Å². The minimum Gasteiger partial charge on any atom is -0.497 e. The molecule has 5 rings (SSSR count). The average molecular weight is 503 g/mol. The lowest BCUT2D eigenvalue weighted by Crippen LogP contribution is -2.41. The fourth-order valence-corrected chi connectivity index (χ4v) is 5.30. The molecule has 1 aromatic heterocycles. The van der Waals surface area contributed by atoms with Gasteiger partial charge in [0.25, 0.3) is 0 Å². The fourth-order valence-electron chi connectivity index (χ4n) is 5.30. The predicted octanol–water partition coefficient (Wildman–Crippen LogP) is 4.99. The van der Waals surface area contributed by atoms with E-state index in [-0.39, 0.29) is 0 Å². The highest BCUT2D eigenvalue weighted by molar-refractivity contribution is 5.95. The first-order valence-corrected chi connectivity index (χ1v) is 12.1. The molecule has 0 fully saturated rings. The summed E-state index contributed by atoms with van der Waals surface area (Å²) in [5.74, 6) is 4.37. The van der Waals surface area contributed by atoms with E-state index in [9.17, 15) is 0 Å². The third kappa shape index (κ3) is 4.24. The number of hydrogen-bond acceptors (Lipinski definition) is 6. The topological polar surface area (TPSA) is 59.3 Å². The molecule has 0 atom stereocenters. The molecule has 0 spiro atoms. The van der Waals surface area contributed by atoms with Crippen molar-refractivity contribution in [3.05, 3.63) is 65.4 Å². The Balaban J connectivity index is 1.83. The third-order valence-corrected chi connectivity index (χ3v) is 7.05. The van der Waals surface area contributed by atoms with E-state index in [2.05, 4.69) is 41.1 Å². The quantitative estimate of drug-likeness (QED) is 0.316. The number of aromatic nitrogens is 1. The van der Waals surface area contributed by atoms with Crippen molar-refractivity contribution in [2.24, 2.45) is 0 Å². The Morgan fingerprint density at radius 2 is 1.35 bits per heavy atom. The second-order valence-corrected chi connectivity index (χ2v) is 8.92. The number of pyridine rings is 1. The van der Waals surface area contributed by atoms with Crippen LogP contribution in [0.5, 0.6) is 34.5 Å². The molecule has 0 amide bonds. The Labute approximate surface area is 217 Å². The van der Waals surface area contributed by atoms with Gasteiger partial charge < -0.3 is 28.4 Å². The molecule has 1 aliphatic heterocycles. The number of rotatable bonds is 8. The number of hydrogen-bond donors (Lipinski definition) is 0. The van der Waals surface area contributed by atoms with E-state index >= 15 is 0 Å². The van der Waals surface area contributed by atoms with Crippen molar-refractivity contribution in [2.75, 3.05) is 42.7 Å². The smallest absolute Gasteiger partial charge is 0.217 e. The summed E-state index contributed by atoms with van der Waals surface area (Å²) in [4.78, 5) is 0. The van der Waals surface area contributed by atoms with Crippen LogP contribution in [0.2, 0.25) is 0 Å². The van der Waals surface area contributed by atoms with E-state index in [0.29, 0.717) is 17.9 Å². The van der Waals surface area contributed by atoms with E-state index in [4.69, 9.17) is 28.4 Å². The van der Waals surface area contributed by atoms with Crippen molar-refractivity contribution >= 4 is 10.8 Å². The van der Waals surface area contributed by atoms with Crippen molar-refractivity contribution in [3.8, 4) is 45.8 Å². The summed E-state index contributed by atoms with van der Waals surface area (Å²) >= 11 is 0. The normalized spacial score (nSPS) is 11.9. The predicted molar refractivity (Wildman–Crippen MR) is 142 cm³/mol. The first-order valence-electron chi connectivity index (χ1n) is 12.1. The second-order valence-electron chi connectivity index (χ2n) is 8.92. The molecule has 3 aromatic carbocycles. The summed E-state index contributed by atoms with van der Waals surface area (Å²) in [6.07, 6.45) is 3.70. The van der Waals surface area contributed by atoms with Gasteiger partial charge in [-0.25, -0.2) is 0 Å². The van der Waals surface area contributed by atoms with Crippen LogP contribution in [-0.4, -0.2) is 42.7 Å². The number of methoxy groups -OCH3 is 6. The lowest BCUT2D eigenvalue weighted by Gasteiger charge is -2.22. The van der Waals surface area contributed by atoms with E-state index in [1.165, 1.54) is 11.1 Å². The van der Waals surface area contributed by atoms with Crippen molar-refractivity contribution in [3.63, 3.8) is 0 Å². The largest absolute Gasteiger partial charge is 0.497 e. The van der Waals surface area contributed by atoms with Crippen LogP contribution in [0.25, 0.3) is 22.0 Å². The zero-order valence-electron chi connectivity index (χ0n) is 22.1. The van der Waals surface area contributed by atoms with Crippen molar-refractivity contribution in [1.82, 2.24) is 0 Å². The van der Waals surface area contributed by atoms with Crippen LogP contribution in [0.1, 0.15) is 16.7 Å². The van der Waals surface area contributed by atoms with Crippen molar-refractivity contribution < 1.29 is 33.0 Å². The third-order valence-electron chi connectivity index (χ3n) is 7.05. The molecule has 0 saturated heterocycles. The fraction of sp³-hybridized carbons (Fsp3) is 0.300. The lowest BCUT2D eigenvalue weighted by atomic mass is 9.88. The molecule has 0 N–H and O–H groups in total. The monoisotopic (exact) mass is 502 g/mol. The van der Waals surface area contributed by atoms with Crippen molar-refractivity contribution in [1.29, 1.82) is 0 Å². The number of ether oxygens (including phenoxy) is 6. The Kier molecular flexibility index (Phi) is 6.70. The second kappa shape index (κ2) is 10.1. The van der Waals surface area contributed by atoms with Gasteiger partial charge in [-0.05, 0) is 47.5 Å². The SMILES string of the molecule is COc1cc(Cc2c3[n+](cc4c(OC)c(OC)ccc24)CCc2cc(OC)c(OC)cc2-3)cc(OC)c1. The van der Waals surface area contributed by atoms with Crippen LogP contribution in [0.3, 0.4) is 0 Å². The van der Waals surface area contributed by atoms with Gasteiger partial charge in [-0.1, -0.05) is 0 Å². The van der Waals surface area contributed by atoms with Crippen LogP contribution < -0.4 is 33.0 Å². The maximum atomic E-state index is 5.84. The van der Waals surface area contributed by atoms with E-state index in [0.717, 1.165) is 63.6 Å². The molecule has 37 heavy (non-hydrogen) atoms. The molecule has 0 radical (unpaired) electrons. The molecule has 0 unspecified atom stereocenters. The van der Waals surface area contributed by atoms with Crippen LogP contribution >= 0.6 is 0 Å². The molecule has 0 bridgehead atoms. The van der Waals surface area contributed by atoms with Crippen LogP contribution in [0.4, 0.5) is 0 Å². The Morgan fingerprint density at radius 3 is 1.97 bits per heavy atom. The zero-order chi connectivity index (χ0) is 26.1. The van der Waals surface area contributed by atoms with Gasteiger partial charge in [0.15, 0.2) is 35.7 Å². The Hall–Kier alpha value is -4.13. The van der Waals surface area contributed by atoms with E-state index in [1.807, 2.05) is 12.1 Å². The first-order chi connectivity index (χ1) is 18.0. The average Bonchev–Trinajstić information content (AvgIpc) is 2.94. The van der Waals surface area contributed by atoms with Crippen LogP contribution in [0.15, 0.2) is 48.7 Å². The van der Waals surface area contributed by atoms with Gasteiger partial charge in [0.1, 0.15) is 11.5 Å². The van der Waals surface area contributed by atoms with Crippen LogP contribution in [0, 0.1) is 0 Å². The highest BCUT2D eigenvalue weighted by Gasteiger charge is 2.31. The van der Waals surface area contributed by atoms with Gasteiger partial charge >= 0.3 is 0 Å². The standard InChI is InChI=1S/C30H32NO6/c1-32-20-11-18(12-21(15-20)33-2)13-24-22-7-8-26(34-3)30(37-6)25(22)17-31-10-9-19-14-27(35-4)28(36-5)16-23(19)29(24)31/h7-8,11-12,14-17H,9-10,13H2,1-6H3/q+1. The number of benzene rings is 3. The summed E-state index contributed by atoms with van der Waals surface area (Å²) < 4.78 is 36.2. The number of nitrogens with zero attached hydrogens (tertiary/aromatic N) is 1. The first kappa shape index (κ1) is 24.6. The molecule has 7 heteroatoms. The molecular formula is C30H32NO6+. The van der Waals surface area contributed by atoms with Gasteiger partial charge in [-0.3, -0.25) is 0 Å². The lowest BCUT2D eigenvalue weighted by molar-refractivity contribution is -0.686. The molecule has 192 valence electrons. The zero-order valence-corrected chi connectivity index (χ0v) is 22.1. The minimum atomic E-state index is 0.656. The maximum absolute atomic E-state index is 5.84. The molecule has 4 aromatic rings. The molecule has 1 aliphatic rings. The Bertz CT molecular complexity index is 1460. The van der Waals surface area contributed by atoms with E-state index < -0.39 is 0 Å². The molecular weight excluding hydrogens is 470 g/mol. The van der Waals surface area contributed by atoms with Gasteiger partial charge in [-0.15, -0.1) is 0 Å². The summed E-state index contributed by atoms with van der Waals surface area (Å²) in [6.45, 7) is 0.822. The Morgan fingerprint density at radius 1 is 0.676 bits per heavy atom. The van der Waals surface area contributed by atoms with E-state index in [1.54, 1.807) is 42.7 Å². The van der Waals surface area contributed by atoms with Gasteiger partial charge in [0.05, 0.1) is 53.6 Å². The summed E-state index contributed by atoms with van der Waals surface area (Å²) in [5.41, 5.74) is 5.74. The summed E-state index contributed by atoms with van der Waals surface area (Å²) in [5, 5.41) is 2.09. The summed E-state index contributed by atoms with van der Waals surface area (Å²) in [7, 11) is 10.0. The van der Waals surface area contributed by atoms with Gasteiger partial charge in [0.2, 0.25) is 5.69 Å². The number of aryl methyl sites for hydroxylation is 2. The highest BCUT2D eigenvalue weighted by Crippen LogP contribution is 2.43. The summed E-state index contributed by atoms with van der Waals surface area (Å²) in [6, 6.07) is 14.2. The molecule has 7 nitrogen and oxygen atoms in total. The molecule has 2 heterocycles.